The van der Waals surface area contributed by atoms with E-state index in [1.165, 1.54) is 0 Å². The van der Waals surface area contributed by atoms with Gasteiger partial charge < -0.3 is 20.3 Å². The summed E-state index contributed by atoms with van der Waals surface area (Å²) in [4.78, 5) is 0. The average Bonchev–Trinajstić information content (AvgIpc) is 2.31. The van der Waals surface area contributed by atoms with Gasteiger partial charge in [0.2, 0.25) is 0 Å². The summed E-state index contributed by atoms with van der Waals surface area (Å²) in [6, 6.07) is 5.59. The van der Waals surface area contributed by atoms with E-state index in [0.717, 1.165) is 12.0 Å². The van der Waals surface area contributed by atoms with Crippen LogP contribution >= 0.6 is 0 Å². The van der Waals surface area contributed by atoms with Crippen molar-refractivity contribution in [1.29, 1.82) is 0 Å². The van der Waals surface area contributed by atoms with E-state index in [-0.39, 0.29) is 18.4 Å². The molecule has 0 spiro atoms. The third kappa shape index (κ3) is 4.63. The van der Waals surface area contributed by atoms with Crippen LogP contribution in [0.5, 0.6) is 11.5 Å². The normalized spacial score (nSPS) is 12.4. The highest BCUT2D eigenvalue weighted by Gasteiger charge is 2.05. The third-order valence-electron chi connectivity index (χ3n) is 2.54. The fraction of sp³-hybridized carbons (Fsp3) is 0.538. The fourth-order valence-electron chi connectivity index (χ4n) is 1.53. The predicted octanol–water partition coefficient (Wildman–Crippen LogP) is 1.65. The second kappa shape index (κ2) is 7.14. The van der Waals surface area contributed by atoms with Gasteiger partial charge in [-0.25, -0.2) is 0 Å². The SMILES string of the molecule is CCOc1cc(CNC(C)CCO)ccc1O. The van der Waals surface area contributed by atoms with Gasteiger partial charge in [0.15, 0.2) is 11.5 Å². The molecule has 0 aliphatic heterocycles. The van der Waals surface area contributed by atoms with Crippen molar-refractivity contribution in [2.75, 3.05) is 13.2 Å². The quantitative estimate of drug-likeness (QED) is 0.677. The molecule has 0 saturated carbocycles. The van der Waals surface area contributed by atoms with Crippen LogP contribution in [0.25, 0.3) is 0 Å². The van der Waals surface area contributed by atoms with Crippen LogP contribution < -0.4 is 10.1 Å². The van der Waals surface area contributed by atoms with Crippen LogP contribution in [-0.2, 0) is 6.54 Å². The van der Waals surface area contributed by atoms with E-state index in [0.29, 0.717) is 18.9 Å². The van der Waals surface area contributed by atoms with Crippen molar-refractivity contribution in [3.8, 4) is 11.5 Å². The van der Waals surface area contributed by atoms with Crippen LogP contribution in [0.3, 0.4) is 0 Å². The van der Waals surface area contributed by atoms with E-state index in [2.05, 4.69) is 5.32 Å². The number of hydrogen-bond donors (Lipinski definition) is 3. The highest BCUT2D eigenvalue weighted by molar-refractivity contribution is 5.41. The van der Waals surface area contributed by atoms with Gasteiger partial charge in [-0.2, -0.15) is 0 Å². The number of phenols is 1. The molecule has 0 aliphatic rings. The first-order valence-electron chi connectivity index (χ1n) is 5.96. The Morgan fingerprint density at radius 2 is 2.18 bits per heavy atom. The van der Waals surface area contributed by atoms with E-state index >= 15 is 0 Å². The lowest BCUT2D eigenvalue weighted by Crippen LogP contribution is -2.26. The molecule has 0 fully saturated rings. The number of ether oxygens (including phenoxy) is 1. The predicted molar refractivity (Wildman–Crippen MR) is 67.3 cm³/mol. The lowest BCUT2D eigenvalue weighted by molar-refractivity contribution is 0.268. The van der Waals surface area contributed by atoms with Gasteiger partial charge >= 0.3 is 0 Å². The molecule has 0 amide bonds. The smallest absolute Gasteiger partial charge is 0.161 e. The number of phenolic OH excluding ortho intramolecular Hbond substituents is 1. The Balaban J connectivity index is 2.56. The van der Waals surface area contributed by atoms with Crippen LogP contribution in [0.2, 0.25) is 0 Å². The zero-order valence-electron chi connectivity index (χ0n) is 10.4. The second-order valence-corrected chi connectivity index (χ2v) is 4.03. The molecule has 17 heavy (non-hydrogen) atoms. The molecule has 0 aromatic heterocycles. The van der Waals surface area contributed by atoms with E-state index < -0.39 is 0 Å². The zero-order valence-corrected chi connectivity index (χ0v) is 10.4. The molecule has 1 aromatic carbocycles. The van der Waals surface area contributed by atoms with Gasteiger partial charge in [-0.15, -0.1) is 0 Å². The van der Waals surface area contributed by atoms with E-state index in [1.807, 2.05) is 26.0 Å². The summed E-state index contributed by atoms with van der Waals surface area (Å²) in [6.45, 7) is 5.33. The first kappa shape index (κ1) is 13.8. The summed E-state index contributed by atoms with van der Waals surface area (Å²) >= 11 is 0. The van der Waals surface area contributed by atoms with Crippen molar-refractivity contribution >= 4 is 0 Å². The summed E-state index contributed by atoms with van der Waals surface area (Å²) in [5.41, 5.74) is 1.05. The van der Waals surface area contributed by atoms with Crippen molar-refractivity contribution < 1.29 is 14.9 Å². The Morgan fingerprint density at radius 1 is 1.41 bits per heavy atom. The van der Waals surface area contributed by atoms with E-state index in [4.69, 9.17) is 9.84 Å². The third-order valence-corrected chi connectivity index (χ3v) is 2.54. The molecule has 0 heterocycles. The molecule has 1 atom stereocenters. The minimum atomic E-state index is 0.166. The van der Waals surface area contributed by atoms with Crippen molar-refractivity contribution in [3.05, 3.63) is 23.8 Å². The van der Waals surface area contributed by atoms with Crippen LogP contribution in [0.4, 0.5) is 0 Å². The maximum absolute atomic E-state index is 9.55. The van der Waals surface area contributed by atoms with Gasteiger partial charge in [0.1, 0.15) is 0 Å². The maximum atomic E-state index is 9.55. The van der Waals surface area contributed by atoms with Gasteiger partial charge in [0, 0.05) is 19.2 Å². The zero-order chi connectivity index (χ0) is 12.7. The van der Waals surface area contributed by atoms with Gasteiger partial charge in [-0.1, -0.05) is 6.07 Å². The number of benzene rings is 1. The molecule has 0 bridgehead atoms. The number of hydrogen-bond acceptors (Lipinski definition) is 4. The number of nitrogens with one attached hydrogen (secondary N) is 1. The molecule has 4 nitrogen and oxygen atoms in total. The molecule has 0 saturated heterocycles. The Labute approximate surface area is 102 Å². The van der Waals surface area contributed by atoms with Crippen LogP contribution in [0.1, 0.15) is 25.8 Å². The molecule has 0 aliphatic carbocycles. The Hall–Kier alpha value is -1.26. The first-order chi connectivity index (χ1) is 8.17. The molecule has 1 unspecified atom stereocenters. The van der Waals surface area contributed by atoms with Crippen LogP contribution in [0, 0.1) is 0 Å². The van der Waals surface area contributed by atoms with E-state index in [9.17, 15) is 5.11 Å². The Kier molecular flexibility index (Phi) is 5.80. The van der Waals surface area contributed by atoms with Crippen molar-refractivity contribution in [2.45, 2.75) is 32.9 Å². The summed E-state index contributed by atoms with van der Waals surface area (Å²) in [5, 5.41) is 21.6. The summed E-state index contributed by atoms with van der Waals surface area (Å²) in [7, 11) is 0. The monoisotopic (exact) mass is 239 g/mol. The standard InChI is InChI=1S/C13H21NO3/c1-3-17-13-8-11(4-5-12(13)16)9-14-10(2)6-7-15/h4-5,8,10,14-16H,3,6-7,9H2,1-2H3. The Bertz CT molecular complexity index is 341. The molecule has 96 valence electrons. The van der Waals surface area contributed by atoms with Gasteiger partial charge in [-0.3, -0.25) is 0 Å². The minimum absolute atomic E-state index is 0.166. The van der Waals surface area contributed by atoms with Crippen molar-refractivity contribution in [3.63, 3.8) is 0 Å². The van der Waals surface area contributed by atoms with Gasteiger partial charge in [0.25, 0.3) is 0 Å². The number of aliphatic hydroxyl groups is 1. The van der Waals surface area contributed by atoms with Crippen LogP contribution in [0.15, 0.2) is 18.2 Å². The molecule has 4 heteroatoms. The van der Waals surface area contributed by atoms with Crippen molar-refractivity contribution in [2.24, 2.45) is 0 Å². The highest BCUT2D eigenvalue weighted by atomic mass is 16.5. The molecular weight excluding hydrogens is 218 g/mol. The lowest BCUT2D eigenvalue weighted by Gasteiger charge is -2.13. The topological polar surface area (TPSA) is 61.7 Å². The highest BCUT2D eigenvalue weighted by Crippen LogP contribution is 2.26. The second-order valence-electron chi connectivity index (χ2n) is 4.03. The first-order valence-corrected chi connectivity index (χ1v) is 5.96. The average molecular weight is 239 g/mol. The summed E-state index contributed by atoms with van der Waals surface area (Å²) in [6.07, 6.45) is 0.733. The van der Waals surface area contributed by atoms with Crippen molar-refractivity contribution in [1.82, 2.24) is 5.32 Å². The number of aromatic hydroxyl groups is 1. The number of aliphatic hydroxyl groups excluding tert-OH is 1. The molecule has 3 N–H and O–H groups in total. The molecule has 1 rings (SSSR count). The fourth-order valence-corrected chi connectivity index (χ4v) is 1.53. The van der Waals surface area contributed by atoms with Crippen LogP contribution in [-0.4, -0.2) is 29.5 Å². The molecular formula is C13H21NO3. The van der Waals surface area contributed by atoms with E-state index in [1.54, 1.807) is 6.07 Å². The summed E-state index contributed by atoms with van der Waals surface area (Å²) < 4.78 is 5.31. The maximum Gasteiger partial charge on any atom is 0.161 e. The number of rotatable bonds is 7. The molecule has 1 aromatic rings. The summed E-state index contributed by atoms with van der Waals surface area (Å²) in [5.74, 6) is 0.681. The van der Waals surface area contributed by atoms with Gasteiger partial charge in [-0.05, 0) is 38.0 Å². The van der Waals surface area contributed by atoms with Gasteiger partial charge in [0.05, 0.1) is 6.61 Å². The minimum Gasteiger partial charge on any atom is -0.504 e. The Morgan fingerprint density at radius 3 is 2.82 bits per heavy atom. The largest absolute Gasteiger partial charge is 0.504 e. The lowest BCUT2D eigenvalue weighted by atomic mass is 10.1. The molecule has 0 radical (unpaired) electrons.